The van der Waals surface area contributed by atoms with Crippen LogP contribution in [0, 0.1) is 0 Å². The third kappa shape index (κ3) is 4.43. The first-order valence-electron chi connectivity index (χ1n) is 7.11. The number of benzene rings is 2. The molecule has 126 valence electrons. The molecule has 6 heteroatoms. The number of halogens is 2. The third-order valence-corrected chi connectivity index (χ3v) is 3.92. The van der Waals surface area contributed by atoms with Gasteiger partial charge in [-0.15, -0.1) is 0 Å². The highest BCUT2D eigenvalue weighted by atomic mass is 35.5. The number of amides is 1. The molecular weight excluding hydrogens is 349 g/mol. The normalized spacial score (nSPS) is 11.1. The standard InChI is InChI=1S/C18H17Cl2NO3/c1-11(14-6-5-13(23-2)10-17(14)24-3)8-18(22)21-16-7-4-12(19)9-15(16)20/h4-10H,1-3H3,(H,21,22)/b11-8+. The van der Waals surface area contributed by atoms with Gasteiger partial charge in [0.05, 0.1) is 24.9 Å². The summed E-state index contributed by atoms with van der Waals surface area (Å²) in [5, 5.41) is 3.61. The van der Waals surface area contributed by atoms with E-state index in [1.54, 1.807) is 38.5 Å². The molecule has 4 nitrogen and oxygen atoms in total. The molecule has 0 unspecified atom stereocenters. The molecule has 24 heavy (non-hydrogen) atoms. The van der Waals surface area contributed by atoms with Gasteiger partial charge in [-0.25, -0.2) is 0 Å². The fourth-order valence-corrected chi connectivity index (χ4v) is 2.61. The zero-order valence-corrected chi connectivity index (χ0v) is 15.0. The van der Waals surface area contributed by atoms with Crippen molar-refractivity contribution in [3.63, 3.8) is 0 Å². The molecule has 2 aromatic rings. The maximum Gasteiger partial charge on any atom is 0.248 e. The van der Waals surface area contributed by atoms with Gasteiger partial charge in [0, 0.05) is 22.7 Å². The number of nitrogens with one attached hydrogen (secondary N) is 1. The Hall–Kier alpha value is -2.17. The Bertz CT molecular complexity index is 788. The molecule has 2 aromatic carbocycles. The van der Waals surface area contributed by atoms with Crippen LogP contribution >= 0.6 is 23.2 Å². The van der Waals surface area contributed by atoms with Crippen molar-refractivity contribution in [3.8, 4) is 11.5 Å². The summed E-state index contributed by atoms with van der Waals surface area (Å²) in [4.78, 5) is 12.2. The average molecular weight is 366 g/mol. The lowest BCUT2D eigenvalue weighted by Gasteiger charge is -2.11. The smallest absolute Gasteiger partial charge is 0.248 e. The van der Waals surface area contributed by atoms with E-state index >= 15 is 0 Å². The van der Waals surface area contributed by atoms with Gasteiger partial charge in [0.1, 0.15) is 11.5 Å². The van der Waals surface area contributed by atoms with Crippen LogP contribution < -0.4 is 14.8 Å². The lowest BCUT2D eigenvalue weighted by Crippen LogP contribution is -2.09. The number of hydrogen-bond donors (Lipinski definition) is 1. The number of carbonyl (C=O) groups is 1. The van der Waals surface area contributed by atoms with E-state index < -0.39 is 0 Å². The van der Waals surface area contributed by atoms with Gasteiger partial charge in [0.2, 0.25) is 5.91 Å². The summed E-state index contributed by atoms with van der Waals surface area (Å²) in [5.74, 6) is 1.01. The predicted molar refractivity (Wildman–Crippen MR) is 98.3 cm³/mol. The molecule has 0 aliphatic heterocycles. The predicted octanol–water partition coefficient (Wildman–Crippen LogP) is 5.05. The van der Waals surface area contributed by atoms with Crippen molar-refractivity contribution in [1.29, 1.82) is 0 Å². The first-order chi connectivity index (χ1) is 11.4. The van der Waals surface area contributed by atoms with Crippen LogP contribution in [-0.2, 0) is 4.79 Å². The van der Waals surface area contributed by atoms with Gasteiger partial charge < -0.3 is 14.8 Å². The van der Waals surface area contributed by atoms with Crippen LogP contribution in [0.25, 0.3) is 5.57 Å². The Morgan fingerprint density at radius 1 is 1.08 bits per heavy atom. The van der Waals surface area contributed by atoms with E-state index in [1.165, 1.54) is 6.08 Å². The summed E-state index contributed by atoms with van der Waals surface area (Å²) in [5.41, 5.74) is 2.05. The molecule has 0 bridgehead atoms. The van der Waals surface area contributed by atoms with Crippen LogP contribution in [0.4, 0.5) is 5.69 Å². The van der Waals surface area contributed by atoms with Crippen molar-refractivity contribution < 1.29 is 14.3 Å². The second-order valence-corrected chi connectivity index (χ2v) is 5.85. The lowest BCUT2D eigenvalue weighted by atomic mass is 10.1. The number of hydrogen-bond acceptors (Lipinski definition) is 3. The van der Waals surface area contributed by atoms with Crippen molar-refractivity contribution in [1.82, 2.24) is 0 Å². The van der Waals surface area contributed by atoms with Crippen LogP contribution in [-0.4, -0.2) is 20.1 Å². The number of anilines is 1. The molecule has 0 aromatic heterocycles. The monoisotopic (exact) mass is 365 g/mol. The fraction of sp³-hybridized carbons (Fsp3) is 0.167. The van der Waals surface area contributed by atoms with Crippen LogP contribution in [0.3, 0.4) is 0 Å². The zero-order valence-electron chi connectivity index (χ0n) is 13.5. The van der Waals surface area contributed by atoms with Crippen LogP contribution in [0.5, 0.6) is 11.5 Å². The summed E-state index contributed by atoms with van der Waals surface area (Å²) in [7, 11) is 3.15. The first-order valence-corrected chi connectivity index (χ1v) is 7.87. The highest BCUT2D eigenvalue weighted by molar-refractivity contribution is 6.36. The van der Waals surface area contributed by atoms with E-state index in [4.69, 9.17) is 32.7 Å². The average Bonchev–Trinajstić information content (AvgIpc) is 2.56. The fourth-order valence-electron chi connectivity index (χ4n) is 2.16. The maximum absolute atomic E-state index is 12.2. The molecule has 0 saturated heterocycles. The summed E-state index contributed by atoms with van der Waals surface area (Å²) < 4.78 is 10.5. The number of ether oxygens (including phenoxy) is 2. The van der Waals surface area contributed by atoms with Crippen molar-refractivity contribution >= 4 is 40.4 Å². The summed E-state index contributed by atoms with van der Waals surface area (Å²) in [6.45, 7) is 1.83. The Morgan fingerprint density at radius 3 is 2.46 bits per heavy atom. The van der Waals surface area contributed by atoms with E-state index in [0.717, 1.165) is 11.1 Å². The van der Waals surface area contributed by atoms with E-state index in [-0.39, 0.29) is 5.91 Å². The van der Waals surface area contributed by atoms with Gasteiger partial charge in [-0.3, -0.25) is 4.79 Å². The molecule has 0 fully saturated rings. The minimum atomic E-state index is -0.297. The second kappa shape index (κ2) is 8.08. The molecule has 1 N–H and O–H groups in total. The first kappa shape index (κ1) is 18.2. The van der Waals surface area contributed by atoms with Crippen LogP contribution in [0.2, 0.25) is 10.0 Å². The molecular formula is C18H17Cl2NO3. The van der Waals surface area contributed by atoms with Crippen LogP contribution in [0.15, 0.2) is 42.5 Å². The molecule has 0 spiro atoms. The Labute approximate surface area is 151 Å². The van der Waals surface area contributed by atoms with Crippen molar-refractivity contribution in [2.75, 3.05) is 19.5 Å². The summed E-state index contributed by atoms with van der Waals surface area (Å²) in [6.07, 6.45) is 1.48. The van der Waals surface area contributed by atoms with Crippen molar-refractivity contribution in [2.24, 2.45) is 0 Å². The van der Waals surface area contributed by atoms with Crippen molar-refractivity contribution in [2.45, 2.75) is 6.92 Å². The highest BCUT2D eigenvalue weighted by Gasteiger charge is 2.09. The maximum atomic E-state index is 12.2. The SMILES string of the molecule is COc1ccc(/C(C)=C/C(=O)Nc2ccc(Cl)cc2Cl)c(OC)c1. The lowest BCUT2D eigenvalue weighted by molar-refractivity contribution is -0.111. The number of rotatable bonds is 5. The van der Waals surface area contributed by atoms with Gasteiger partial charge in [-0.1, -0.05) is 23.2 Å². The largest absolute Gasteiger partial charge is 0.497 e. The van der Waals surface area contributed by atoms with E-state index in [0.29, 0.717) is 27.2 Å². The number of carbonyl (C=O) groups excluding carboxylic acids is 1. The number of allylic oxidation sites excluding steroid dienone is 1. The van der Waals surface area contributed by atoms with Gasteiger partial charge in [0.15, 0.2) is 0 Å². The minimum absolute atomic E-state index is 0.297. The zero-order chi connectivity index (χ0) is 17.7. The molecule has 0 radical (unpaired) electrons. The molecule has 0 aliphatic carbocycles. The second-order valence-electron chi connectivity index (χ2n) is 5.01. The topological polar surface area (TPSA) is 47.6 Å². The quantitative estimate of drug-likeness (QED) is 0.753. The third-order valence-electron chi connectivity index (χ3n) is 3.37. The highest BCUT2D eigenvalue weighted by Crippen LogP contribution is 2.30. The Morgan fingerprint density at radius 2 is 1.83 bits per heavy atom. The summed E-state index contributed by atoms with van der Waals surface area (Å²) >= 11 is 11.9. The van der Waals surface area contributed by atoms with E-state index in [1.807, 2.05) is 19.1 Å². The Balaban J connectivity index is 2.22. The van der Waals surface area contributed by atoms with E-state index in [9.17, 15) is 4.79 Å². The van der Waals surface area contributed by atoms with E-state index in [2.05, 4.69) is 5.32 Å². The van der Waals surface area contributed by atoms with Gasteiger partial charge in [0.25, 0.3) is 0 Å². The Kier molecular flexibility index (Phi) is 6.12. The minimum Gasteiger partial charge on any atom is -0.497 e. The molecule has 0 atom stereocenters. The van der Waals surface area contributed by atoms with Gasteiger partial charge in [-0.05, 0) is 42.8 Å². The molecule has 0 saturated carbocycles. The molecule has 1 amide bonds. The molecule has 0 aliphatic rings. The summed E-state index contributed by atoms with van der Waals surface area (Å²) in [6, 6.07) is 10.3. The van der Waals surface area contributed by atoms with Crippen molar-refractivity contribution in [3.05, 3.63) is 58.1 Å². The van der Waals surface area contributed by atoms with Gasteiger partial charge >= 0.3 is 0 Å². The molecule has 2 rings (SSSR count). The molecule has 0 heterocycles. The van der Waals surface area contributed by atoms with Crippen LogP contribution in [0.1, 0.15) is 12.5 Å². The van der Waals surface area contributed by atoms with Gasteiger partial charge in [-0.2, -0.15) is 0 Å². The number of methoxy groups -OCH3 is 2.